The van der Waals surface area contributed by atoms with Crippen LogP contribution in [0.15, 0.2) is 23.1 Å². The van der Waals surface area contributed by atoms with Crippen LogP contribution in [-0.4, -0.2) is 52.8 Å². The molecule has 0 unspecified atom stereocenters. The molecule has 1 aliphatic heterocycles. The Morgan fingerprint density at radius 2 is 1.75 bits per heavy atom. The van der Waals surface area contributed by atoms with Gasteiger partial charge in [-0.25, -0.2) is 0 Å². The fourth-order valence-corrected chi connectivity index (χ4v) is 2.26. The van der Waals surface area contributed by atoms with Crippen molar-refractivity contribution < 1.29 is 9.59 Å². The summed E-state index contributed by atoms with van der Waals surface area (Å²) in [7, 11) is 0. The van der Waals surface area contributed by atoms with Gasteiger partial charge in [0.15, 0.2) is 0 Å². The van der Waals surface area contributed by atoms with Crippen LogP contribution in [0.5, 0.6) is 0 Å². The van der Waals surface area contributed by atoms with Gasteiger partial charge in [-0.05, 0) is 6.07 Å². The van der Waals surface area contributed by atoms with Crippen molar-refractivity contribution in [3.63, 3.8) is 0 Å². The van der Waals surface area contributed by atoms with E-state index in [2.05, 4.69) is 4.98 Å². The summed E-state index contributed by atoms with van der Waals surface area (Å²) in [6.07, 6.45) is 1.47. The van der Waals surface area contributed by atoms with Gasteiger partial charge in [-0.2, -0.15) is 0 Å². The molecule has 20 heavy (non-hydrogen) atoms. The third-order valence-corrected chi connectivity index (χ3v) is 3.39. The number of piperazine rings is 1. The van der Waals surface area contributed by atoms with Crippen molar-refractivity contribution in [1.29, 1.82) is 0 Å². The number of rotatable bonds is 2. The summed E-state index contributed by atoms with van der Waals surface area (Å²) >= 11 is 0. The van der Waals surface area contributed by atoms with Crippen LogP contribution < -0.4 is 5.56 Å². The van der Waals surface area contributed by atoms with Gasteiger partial charge in [0, 0.05) is 49.9 Å². The zero-order chi connectivity index (χ0) is 14.7. The molecule has 108 valence electrons. The highest BCUT2D eigenvalue weighted by atomic mass is 16.2. The molecule has 6 nitrogen and oxygen atoms in total. The molecule has 2 rings (SSSR count). The molecule has 2 heterocycles. The second kappa shape index (κ2) is 5.90. The summed E-state index contributed by atoms with van der Waals surface area (Å²) in [6.45, 7) is 5.85. The maximum Gasteiger partial charge on any atom is 0.254 e. The number of carbonyl (C=O) groups is 2. The number of carbonyl (C=O) groups excluding carboxylic acids is 2. The third kappa shape index (κ3) is 3.07. The molecule has 2 amide bonds. The van der Waals surface area contributed by atoms with Crippen molar-refractivity contribution in [1.82, 2.24) is 14.8 Å². The van der Waals surface area contributed by atoms with E-state index in [0.717, 1.165) is 0 Å². The lowest BCUT2D eigenvalue weighted by Gasteiger charge is -2.35. The normalized spacial score (nSPS) is 15.6. The van der Waals surface area contributed by atoms with E-state index in [1.54, 1.807) is 15.9 Å². The van der Waals surface area contributed by atoms with E-state index in [4.69, 9.17) is 0 Å². The summed E-state index contributed by atoms with van der Waals surface area (Å²) in [4.78, 5) is 41.3. The maximum atomic E-state index is 12.2. The van der Waals surface area contributed by atoms with Gasteiger partial charge in [0.1, 0.15) is 0 Å². The topological polar surface area (TPSA) is 73.5 Å². The second-order valence-corrected chi connectivity index (χ2v) is 5.21. The molecular weight excluding hydrogens is 258 g/mol. The van der Waals surface area contributed by atoms with Crippen molar-refractivity contribution >= 4 is 11.8 Å². The molecule has 1 saturated heterocycles. The number of nitrogens with one attached hydrogen (secondary N) is 1. The molecule has 0 radical (unpaired) electrons. The van der Waals surface area contributed by atoms with Crippen LogP contribution in [-0.2, 0) is 4.79 Å². The molecule has 0 aliphatic carbocycles. The molecule has 1 aliphatic rings. The first-order chi connectivity index (χ1) is 9.49. The largest absolute Gasteiger partial charge is 0.339 e. The van der Waals surface area contributed by atoms with Crippen molar-refractivity contribution in [2.24, 2.45) is 5.92 Å². The quantitative estimate of drug-likeness (QED) is 0.846. The minimum Gasteiger partial charge on any atom is -0.339 e. The molecule has 1 N–H and O–H groups in total. The van der Waals surface area contributed by atoms with Gasteiger partial charge in [0.05, 0.1) is 0 Å². The number of aromatic nitrogens is 1. The molecule has 1 aromatic heterocycles. The minimum atomic E-state index is -0.288. The molecule has 0 saturated carbocycles. The van der Waals surface area contributed by atoms with Gasteiger partial charge >= 0.3 is 0 Å². The van der Waals surface area contributed by atoms with Crippen LogP contribution >= 0.6 is 0 Å². The Balaban J connectivity index is 1.99. The monoisotopic (exact) mass is 277 g/mol. The highest BCUT2D eigenvalue weighted by molar-refractivity contribution is 5.94. The smallest absolute Gasteiger partial charge is 0.254 e. The van der Waals surface area contributed by atoms with E-state index in [1.807, 2.05) is 13.8 Å². The zero-order valence-corrected chi connectivity index (χ0v) is 11.8. The van der Waals surface area contributed by atoms with Crippen LogP contribution in [0.3, 0.4) is 0 Å². The Labute approximate surface area is 117 Å². The second-order valence-electron chi connectivity index (χ2n) is 5.21. The first kappa shape index (κ1) is 14.3. The summed E-state index contributed by atoms with van der Waals surface area (Å²) in [5.41, 5.74) is 0.0989. The Morgan fingerprint density at radius 3 is 2.30 bits per heavy atom. The molecule has 0 atom stereocenters. The third-order valence-electron chi connectivity index (χ3n) is 3.39. The first-order valence-electron chi connectivity index (χ1n) is 6.76. The molecule has 0 aromatic carbocycles. The predicted octanol–water partition coefficient (Wildman–Crippen LogP) is 0.315. The lowest BCUT2D eigenvalue weighted by molar-refractivity contribution is -0.135. The zero-order valence-electron chi connectivity index (χ0n) is 11.8. The average Bonchev–Trinajstić information content (AvgIpc) is 2.46. The standard InChI is InChI=1S/C14H19N3O3/c1-10(2)13(19)16-5-7-17(8-6-16)14(20)11-3-4-15-12(18)9-11/h3-4,9-10H,5-8H2,1-2H3,(H,15,18). The number of aromatic amines is 1. The van der Waals surface area contributed by atoms with Gasteiger partial charge in [0.2, 0.25) is 11.5 Å². The molecular formula is C14H19N3O3. The summed E-state index contributed by atoms with van der Waals surface area (Å²) in [5, 5.41) is 0. The van der Waals surface area contributed by atoms with Gasteiger partial charge in [-0.15, -0.1) is 0 Å². The highest BCUT2D eigenvalue weighted by Gasteiger charge is 2.25. The SMILES string of the molecule is CC(C)C(=O)N1CCN(C(=O)c2cc[nH]c(=O)c2)CC1. The summed E-state index contributed by atoms with van der Waals surface area (Å²) < 4.78 is 0. The van der Waals surface area contributed by atoms with E-state index in [-0.39, 0.29) is 23.3 Å². The fraction of sp³-hybridized carbons (Fsp3) is 0.500. The van der Waals surface area contributed by atoms with Gasteiger partial charge in [-0.1, -0.05) is 13.8 Å². The van der Waals surface area contributed by atoms with Crippen molar-refractivity contribution in [2.45, 2.75) is 13.8 Å². The van der Waals surface area contributed by atoms with E-state index in [0.29, 0.717) is 31.7 Å². The number of hydrogen-bond donors (Lipinski definition) is 1. The number of amides is 2. The van der Waals surface area contributed by atoms with Gasteiger partial charge in [-0.3, -0.25) is 14.4 Å². The number of hydrogen-bond acceptors (Lipinski definition) is 3. The van der Waals surface area contributed by atoms with E-state index < -0.39 is 0 Å². The van der Waals surface area contributed by atoms with Gasteiger partial charge in [0.25, 0.3) is 5.91 Å². The molecule has 0 spiro atoms. The van der Waals surface area contributed by atoms with Crippen molar-refractivity contribution in [3.05, 3.63) is 34.2 Å². The Hall–Kier alpha value is -2.11. The van der Waals surface area contributed by atoms with Crippen molar-refractivity contribution in [3.8, 4) is 0 Å². The van der Waals surface area contributed by atoms with Crippen LogP contribution in [0.2, 0.25) is 0 Å². The Kier molecular flexibility index (Phi) is 4.22. The Morgan fingerprint density at radius 1 is 1.15 bits per heavy atom. The van der Waals surface area contributed by atoms with Crippen molar-refractivity contribution in [2.75, 3.05) is 26.2 Å². The van der Waals surface area contributed by atoms with E-state index in [9.17, 15) is 14.4 Å². The maximum absolute atomic E-state index is 12.2. The molecule has 1 fully saturated rings. The number of nitrogens with zero attached hydrogens (tertiary/aromatic N) is 2. The number of H-pyrrole nitrogens is 1. The molecule has 1 aromatic rings. The molecule has 6 heteroatoms. The summed E-state index contributed by atoms with van der Waals surface area (Å²) in [5.74, 6) is -0.0639. The Bertz CT molecular complexity index is 557. The molecule has 0 bridgehead atoms. The van der Waals surface area contributed by atoms with E-state index in [1.165, 1.54) is 12.3 Å². The van der Waals surface area contributed by atoms with Gasteiger partial charge < -0.3 is 14.8 Å². The average molecular weight is 277 g/mol. The lowest BCUT2D eigenvalue weighted by Crippen LogP contribution is -2.51. The number of pyridine rings is 1. The predicted molar refractivity (Wildman–Crippen MR) is 74.4 cm³/mol. The lowest BCUT2D eigenvalue weighted by atomic mass is 10.1. The summed E-state index contributed by atoms with van der Waals surface area (Å²) in [6, 6.07) is 2.89. The van der Waals surface area contributed by atoms with Crippen LogP contribution in [0.25, 0.3) is 0 Å². The fourth-order valence-electron chi connectivity index (χ4n) is 2.26. The highest BCUT2D eigenvalue weighted by Crippen LogP contribution is 2.10. The minimum absolute atomic E-state index is 0.0232. The van der Waals surface area contributed by atoms with Crippen LogP contribution in [0.4, 0.5) is 0 Å². The van der Waals surface area contributed by atoms with E-state index >= 15 is 0 Å². The first-order valence-corrected chi connectivity index (χ1v) is 6.76. The van der Waals surface area contributed by atoms with Crippen LogP contribution in [0, 0.1) is 5.92 Å². The van der Waals surface area contributed by atoms with Crippen LogP contribution in [0.1, 0.15) is 24.2 Å².